The molecule has 0 aliphatic carbocycles. The number of nitrogens with one attached hydrogen (secondary N) is 1. The first kappa shape index (κ1) is 20.2. The van der Waals surface area contributed by atoms with Gasteiger partial charge < -0.3 is 14.5 Å². The van der Waals surface area contributed by atoms with E-state index >= 15 is 0 Å². The molecule has 0 saturated carbocycles. The number of alkyl halides is 3. The summed E-state index contributed by atoms with van der Waals surface area (Å²) >= 11 is 1.56. The van der Waals surface area contributed by atoms with Crippen LogP contribution in [-0.2, 0) is 0 Å². The first-order valence-electron chi connectivity index (χ1n) is 9.12. The Bertz CT molecular complexity index is 1100. The van der Waals surface area contributed by atoms with E-state index in [1.165, 1.54) is 23.0 Å². The van der Waals surface area contributed by atoms with Gasteiger partial charge in [0.05, 0.1) is 0 Å². The predicted octanol–water partition coefficient (Wildman–Crippen LogP) is 5.34. The number of aromatic amines is 1. The number of hydrogen-bond acceptors (Lipinski definition) is 3. The molecule has 0 radical (unpaired) electrons. The van der Waals surface area contributed by atoms with Gasteiger partial charge in [-0.3, -0.25) is 0 Å². The molecule has 1 aliphatic heterocycles. The summed E-state index contributed by atoms with van der Waals surface area (Å²) in [6.45, 7) is 0.541. The smallest absolute Gasteiger partial charge is 0.443 e. The predicted molar refractivity (Wildman–Crippen MR) is 110 cm³/mol. The molecule has 0 saturated heterocycles. The summed E-state index contributed by atoms with van der Waals surface area (Å²) in [7, 11) is 0. The summed E-state index contributed by atoms with van der Waals surface area (Å²) in [5, 5.41) is 1.28. The Morgan fingerprint density at radius 3 is 2.50 bits per heavy atom. The van der Waals surface area contributed by atoms with Gasteiger partial charge in [-0.1, -0.05) is 42.5 Å². The van der Waals surface area contributed by atoms with E-state index in [-0.39, 0.29) is 5.75 Å². The van der Waals surface area contributed by atoms with Crippen LogP contribution in [0.1, 0.15) is 0 Å². The van der Waals surface area contributed by atoms with Crippen molar-refractivity contribution in [1.82, 2.24) is 4.98 Å². The highest BCUT2D eigenvalue weighted by atomic mass is 32.2. The summed E-state index contributed by atoms with van der Waals surface area (Å²) in [6, 6.07) is 21.7. The molecule has 154 valence electrons. The number of fused-ring (bicyclic) bond motifs is 2. The van der Waals surface area contributed by atoms with Gasteiger partial charge in [-0.2, -0.15) is 0 Å². The molecule has 0 unspecified atom stereocenters. The summed E-state index contributed by atoms with van der Waals surface area (Å²) in [5.41, 5.74) is 2.94. The highest BCUT2D eigenvalue weighted by Crippen LogP contribution is 2.37. The zero-order valence-electron chi connectivity index (χ0n) is 15.6. The normalized spacial score (nSPS) is 13.0. The van der Waals surface area contributed by atoms with Gasteiger partial charge in [-0.05, 0) is 41.3 Å². The molecular weight excluding hydrogens is 413 g/mol. The first-order valence-corrected chi connectivity index (χ1v) is 10.00. The zero-order chi connectivity index (χ0) is 21.0. The zero-order valence-corrected chi connectivity index (χ0v) is 16.5. The Kier molecular flexibility index (Phi) is 5.87. The molecule has 0 bridgehead atoms. The fourth-order valence-corrected chi connectivity index (χ4v) is 3.91. The van der Waals surface area contributed by atoms with Gasteiger partial charge in [0, 0.05) is 17.3 Å². The third-order valence-electron chi connectivity index (χ3n) is 4.35. The minimum Gasteiger partial charge on any atom is -0.443 e. The van der Waals surface area contributed by atoms with E-state index in [1.54, 1.807) is 24.1 Å². The molecular formula is C22H18F3N2O2S+. The summed E-state index contributed by atoms with van der Waals surface area (Å²) in [5.74, 6) is 0.558. The van der Waals surface area contributed by atoms with Crippen molar-refractivity contribution in [2.24, 2.45) is 0 Å². The largest absolute Gasteiger partial charge is 0.573 e. The summed E-state index contributed by atoms with van der Waals surface area (Å²) in [6.07, 6.45) is -2.73. The SMILES string of the molecule is FC(F)(F)Oc1ccc(-c2cccc3c2S[NH2+]CO3)cc1.c1ccc2[nH]ccc2c1. The number of quaternary nitrogens is 1. The van der Waals surface area contributed by atoms with E-state index in [1.807, 2.05) is 41.3 Å². The molecule has 1 aliphatic rings. The van der Waals surface area contributed by atoms with Gasteiger partial charge in [0.25, 0.3) is 0 Å². The minimum absolute atomic E-state index is 0.230. The number of rotatable bonds is 2. The first-order chi connectivity index (χ1) is 14.5. The van der Waals surface area contributed by atoms with Crippen molar-refractivity contribution in [1.29, 1.82) is 0 Å². The van der Waals surface area contributed by atoms with Crippen LogP contribution in [0.2, 0.25) is 0 Å². The third-order valence-corrected chi connectivity index (χ3v) is 5.31. The highest BCUT2D eigenvalue weighted by molar-refractivity contribution is 7.93. The maximum Gasteiger partial charge on any atom is 0.573 e. The Hall–Kier alpha value is -3.10. The molecule has 0 spiro atoms. The van der Waals surface area contributed by atoms with E-state index < -0.39 is 6.36 Å². The molecule has 4 nitrogen and oxygen atoms in total. The highest BCUT2D eigenvalue weighted by Gasteiger charge is 2.31. The number of hydrogen-bond donors (Lipinski definition) is 2. The van der Waals surface area contributed by atoms with Crippen LogP contribution in [-0.4, -0.2) is 18.1 Å². The molecule has 8 heteroatoms. The number of nitrogens with two attached hydrogens (primary N) is 1. The second-order valence-corrected chi connectivity index (χ2v) is 7.34. The number of benzene rings is 3. The van der Waals surface area contributed by atoms with E-state index in [0.717, 1.165) is 21.8 Å². The van der Waals surface area contributed by atoms with Crippen molar-refractivity contribution in [3.05, 3.63) is 79.0 Å². The second kappa shape index (κ2) is 8.73. The van der Waals surface area contributed by atoms with Crippen molar-refractivity contribution in [3.8, 4) is 22.6 Å². The fraction of sp³-hybridized carbons (Fsp3) is 0.0909. The topological polar surface area (TPSA) is 50.9 Å². The summed E-state index contributed by atoms with van der Waals surface area (Å²) in [4.78, 5) is 4.09. The molecule has 30 heavy (non-hydrogen) atoms. The van der Waals surface area contributed by atoms with Gasteiger partial charge in [-0.15, -0.1) is 13.2 Å². The maximum absolute atomic E-state index is 12.1. The lowest BCUT2D eigenvalue weighted by Crippen LogP contribution is -2.78. The quantitative estimate of drug-likeness (QED) is 0.421. The molecule has 0 amide bonds. The number of para-hydroxylation sites is 1. The molecule has 4 aromatic rings. The van der Waals surface area contributed by atoms with Gasteiger partial charge in [0.15, 0.2) is 0 Å². The van der Waals surface area contributed by atoms with Gasteiger partial charge in [0.1, 0.15) is 28.3 Å². The van der Waals surface area contributed by atoms with Crippen LogP contribution < -0.4 is 14.2 Å². The standard InChI is InChI=1S/C14H10F3NO2S.C8H7N/c15-14(16,17)20-10-6-4-9(5-7-10)11-2-1-3-12-13(11)21-18-8-19-12;1-2-4-8-7(3-1)5-6-9-8/h1-7,18H,8H2;1-6,9H/p+1. The maximum atomic E-state index is 12.1. The van der Waals surface area contributed by atoms with Gasteiger partial charge in [0.2, 0.25) is 6.73 Å². The van der Waals surface area contributed by atoms with Crippen LogP contribution in [0.25, 0.3) is 22.0 Å². The van der Waals surface area contributed by atoms with Crippen molar-refractivity contribution in [3.63, 3.8) is 0 Å². The van der Waals surface area contributed by atoms with Crippen molar-refractivity contribution in [2.45, 2.75) is 11.3 Å². The van der Waals surface area contributed by atoms with E-state index in [2.05, 4.69) is 27.9 Å². The fourth-order valence-electron chi connectivity index (χ4n) is 3.05. The Labute approximate surface area is 175 Å². The van der Waals surface area contributed by atoms with E-state index in [9.17, 15) is 13.2 Å². The number of halogens is 3. The van der Waals surface area contributed by atoms with Crippen molar-refractivity contribution >= 4 is 22.9 Å². The molecule has 3 aromatic carbocycles. The Morgan fingerprint density at radius 1 is 0.933 bits per heavy atom. The molecule has 2 heterocycles. The lowest BCUT2D eigenvalue weighted by Gasteiger charge is -2.17. The number of H-pyrrole nitrogens is 1. The van der Waals surface area contributed by atoms with Crippen molar-refractivity contribution < 1.29 is 27.4 Å². The average Bonchev–Trinajstić information content (AvgIpc) is 3.22. The Balaban J connectivity index is 0.000000200. The van der Waals surface area contributed by atoms with Crippen LogP contribution >= 0.6 is 11.9 Å². The van der Waals surface area contributed by atoms with Crippen molar-refractivity contribution in [2.75, 3.05) is 6.73 Å². The van der Waals surface area contributed by atoms with Crippen LogP contribution in [0.15, 0.2) is 83.9 Å². The van der Waals surface area contributed by atoms with Gasteiger partial charge in [-0.25, -0.2) is 4.72 Å². The lowest BCUT2D eigenvalue weighted by molar-refractivity contribution is -0.520. The molecule has 5 rings (SSSR count). The van der Waals surface area contributed by atoms with Crippen LogP contribution in [0, 0.1) is 0 Å². The molecule has 0 fully saturated rings. The lowest BCUT2D eigenvalue weighted by atomic mass is 10.1. The van der Waals surface area contributed by atoms with Crippen LogP contribution in [0.4, 0.5) is 13.2 Å². The molecule has 0 atom stereocenters. The van der Waals surface area contributed by atoms with E-state index in [0.29, 0.717) is 6.73 Å². The average molecular weight is 431 g/mol. The number of aromatic nitrogens is 1. The third kappa shape index (κ3) is 4.90. The van der Waals surface area contributed by atoms with Gasteiger partial charge >= 0.3 is 6.36 Å². The van der Waals surface area contributed by atoms with E-state index in [4.69, 9.17) is 4.74 Å². The van der Waals surface area contributed by atoms with Crippen LogP contribution in [0.5, 0.6) is 11.5 Å². The monoisotopic (exact) mass is 431 g/mol. The second-order valence-electron chi connectivity index (χ2n) is 6.37. The Morgan fingerprint density at radius 2 is 1.73 bits per heavy atom. The molecule has 3 N–H and O–H groups in total. The molecule has 1 aromatic heterocycles. The summed E-state index contributed by atoms with van der Waals surface area (Å²) < 4.78 is 47.8. The number of ether oxygens (including phenoxy) is 2. The van der Waals surface area contributed by atoms with Crippen LogP contribution in [0.3, 0.4) is 0 Å². The minimum atomic E-state index is -4.67.